The third-order valence-electron chi connectivity index (χ3n) is 3.10. The summed E-state index contributed by atoms with van der Waals surface area (Å²) in [6, 6.07) is 7.83. The molecular formula is C11H14ClN3. The van der Waals surface area contributed by atoms with Crippen molar-refractivity contribution in [2.24, 2.45) is 10.7 Å². The van der Waals surface area contributed by atoms with E-state index in [1.165, 1.54) is 5.56 Å². The second kappa shape index (κ2) is 3.42. The number of hydrogen-bond donors (Lipinski definition) is 1. The summed E-state index contributed by atoms with van der Waals surface area (Å²) < 4.78 is 0. The predicted octanol–water partition coefficient (Wildman–Crippen LogP) is 1.82. The maximum absolute atomic E-state index is 5.86. The molecule has 0 fully saturated rings. The molecule has 2 N–H and O–H groups in total. The number of benzene rings is 1. The minimum absolute atomic E-state index is 0.144. The maximum Gasteiger partial charge on any atom is 0.191 e. The molecule has 80 valence electrons. The Morgan fingerprint density at radius 2 is 2.00 bits per heavy atom. The van der Waals surface area contributed by atoms with Gasteiger partial charge in [0.1, 0.15) is 0 Å². The molecule has 0 bridgehead atoms. The molecule has 1 aromatic carbocycles. The first-order chi connectivity index (χ1) is 7.04. The van der Waals surface area contributed by atoms with Gasteiger partial charge in [-0.3, -0.25) is 4.99 Å². The highest BCUT2D eigenvalue weighted by Gasteiger charge is 2.36. The summed E-state index contributed by atoms with van der Waals surface area (Å²) >= 11 is 5.86. The molecule has 15 heavy (non-hydrogen) atoms. The van der Waals surface area contributed by atoms with Crippen LogP contribution in [0.25, 0.3) is 0 Å². The maximum atomic E-state index is 5.86. The third kappa shape index (κ3) is 1.57. The molecule has 1 aliphatic rings. The van der Waals surface area contributed by atoms with Crippen LogP contribution >= 0.6 is 11.6 Å². The minimum Gasteiger partial charge on any atom is -0.370 e. The fourth-order valence-corrected chi connectivity index (χ4v) is 1.92. The van der Waals surface area contributed by atoms with Crippen molar-refractivity contribution in [1.82, 2.24) is 4.90 Å². The smallest absolute Gasteiger partial charge is 0.191 e. The van der Waals surface area contributed by atoms with Crippen molar-refractivity contribution in [3.05, 3.63) is 34.9 Å². The van der Waals surface area contributed by atoms with Gasteiger partial charge in [-0.1, -0.05) is 23.7 Å². The van der Waals surface area contributed by atoms with Gasteiger partial charge in [0.2, 0.25) is 0 Å². The molecule has 1 unspecified atom stereocenters. The van der Waals surface area contributed by atoms with Gasteiger partial charge in [0, 0.05) is 12.1 Å². The molecule has 1 aromatic rings. The molecular weight excluding hydrogens is 210 g/mol. The Labute approximate surface area is 94.5 Å². The largest absolute Gasteiger partial charge is 0.370 e. The van der Waals surface area contributed by atoms with Gasteiger partial charge in [-0.15, -0.1) is 0 Å². The first kappa shape index (κ1) is 10.3. The summed E-state index contributed by atoms with van der Waals surface area (Å²) in [7, 11) is 1.96. The molecule has 0 radical (unpaired) electrons. The number of halogens is 1. The number of hydrogen-bond acceptors (Lipinski definition) is 3. The summed E-state index contributed by atoms with van der Waals surface area (Å²) in [5.74, 6) is 0.590. The van der Waals surface area contributed by atoms with Crippen molar-refractivity contribution in [3.8, 4) is 0 Å². The summed E-state index contributed by atoms with van der Waals surface area (Å²) in [4.78, 5) is 6.25. The van der Waals surface area contributed by atoms with Gasteiger partial charge in [0.25, 0.3) is 0 Å². The van der Waals surface area contributed by atoms with Crippen LogP contribution in [0, 0.1) is 0 Å². The lowest BCUT2D eigenvalue weighted by Gasteiger charge is -2.33. The normalized spacial score (nSPS) is 25.5. The first-order valence-corrected chi connectivity index (χ1v) is 5.21. The van der Waals surface area contributed by atoms with Crippen molar-refractivity contribution in [2.75, 3.05) is 13.6 Å². The number of likely N-dealkylation sites (N-methyl/N-ethyl adjacent to an activating group) is 1. The molecule has 1 atom stereocenters. The number of aliphatic imine (C=N–C) groups is 1. The number of nitrogens with two attached hydrogens (primary N) is 1. The molecule has 4 heteroatoms. The van der Waals surface area contributed by atoms with Crippen LogP contribution in [0.5, 0.6) is 0 Å². The molecule has 0 amide bonds. The lowest BCUT2D eigenvalue weighted by atomic mass is 9.92. The van der Waals surface area contributed by atoms with Crippen LogP contribution in [0.4, 0.5) is 0 Å². The number of nitrogens with zero attached hydrogens (tertiary/aromatic N) is 2. The lowest BCUT2D eigenvalue weighted by Crippen LogP contribution is -2.44. The van der Waals surface area contributed by atoms with E-state index in [0.717, 1.165) is 5.02 Å². The number of rotatable bonds is 1. The van der Waals surface area contributed by atoms with Gasteiger partial charge in [-0.05, 0) is 24.6 Å². The van der Waals surface area contributed by atoms with E-state index < -0.39 is 0 Å². The molecule has 0 saturated carbocycles. The van der Waals surface area contributed by atoms with Gasteiger partial charge >= 0.3 is 0 Å². The van der Waals surface area contributed by atoms with Crippen molar-refractivity contribution >= 4 is 17.6 Å². The van der Waals surface area contributed by atoms with Gasteiger partial charge in [-0.2, -0.15) is 0 Å². The second-order valence-electron chi connectivity index (χ2n) is 4.01. The summed E-state index contributed by atoms with van der Waals surface area (Å²) in [5.41, 5.74) is 6.81. The molecule has 1 heterocycles. The van der Waals surface area contributed by atoms with Crippen molar-refractivity contribution in [3.63, 3.8) is 0 Å². The Morgan fingerprint density at radius 3 is 2.47 bits per heavy atom. The monoisotopic (exact) mass is 223 g/mol. The zero-order valence-electron chi connectivity index (χ0n) is 8.87. The summed E-state index contributed by atoms with van der Waals surface area (Å²) in [6.07, 6.45) is 0. The predicted molar refractivity (Wildman–Crippen MR) is 63.1 cm³/mol. The SMILES string of the molecule is CN1C(N)=NCC1(C)c1ccc(Cl)cc1. The molecule has 0 saturated heterocycles. The highest BCUT2D eigenvalue weighted by Crippen LogP contribution is 2.31. The Morgan fingerprint density at radius 1 is 1.40 bits per heavy atom. The zero-order valence-corrected chi connectivity index (χ0v) is 9.62. The van der Waals surface area contributed by atoms with Crippen molar-refractivity contribution < 1.29 is 0 Å². The van der Waals surface area contributed by atoms with E-state index in [1.54, 1.807) is 0 Å². The van der Waals surface area contributed by atoms with E-state index in [9.17, 15) is 0 Å². The van der Waals surface area contributed by atoms with Gasteiger partial charge < -0.3 is 10.6 Å². The fraction of sp³-hybridized carbons (Fsp3) is 0.364. The van der Waals surface area contributed by atoms with E-state index in [1.807, 2.05) is 36.2 Å². The van der Waals surface area contributed by atoms with Crippen LogP contribution in [0.1, 0.15) is 12.5 Å². The Hall–Kier alpha value is -1.22. The second-order valence-corrected chi connectivity index (χ2v) is 4.45. The first-order valence-electron chi connectivity index (χ1n) is 4.84. The van der Waals surface area contributed by atoms with Crippen molar-refractivity contribution in [1.29, 1.82) is 0 Å². The van der Waals surface area contributed by atoms with Crippen LogP contribution < -0.4 is 5.73 Å². The zero-order chi connectivity index (χ0) is 11.1. The Bertz CT molecular complexity index is 399. The van der Waals surface area contributed by atoms with Gasteiger partial charge in [0.15, 0.2) is 5.96 Å². The van der Waals surface area contributed by atoms with Crippen LogP contribution in [0.3, 0.4) is 0 Å². The quantitative estimate of drug-likeness (QED) is 0.789. The average molecular weight is 224 g/mol. The van der Waals surface area contributed by atoms with E-state index in [-0.39, 0.29) is 5.54 Å². The molecule has 0 spiro atoms. The lowest BCUT2D eigenvalue weighted by molar-refractivity contribution is 0.267. The van der Waals surface area contributed by atoms with Crippen LogP contribution in [-0.2, 0) is 5.54 Å². The molecule has 2 rings (SSSR count). The van der Waals surface area contributed by atoms with Crippen molar-refractivity contribution in [2.45, 2.75) is 12.5 Å². The highest BCUT2D eigenvalue weighted by molar-refractivity contribution is 6.30. The van der Waals surface area contributed by atoms with E-state index in [2.05, 4.69) is 11.9 Å². The summed E-state index contributed by atoms with van der Waals surface area (Å²) in [5, 5.41) is 0.747. The van der Waals surface area contributed by atoms with Crippen LogP contribution in [0.15, 0.2) is 29.3 Å². The van der Waals surface area contributed by atoms with E-state index >= 15 is 0 Å². The topological polar surface area (TPSA) is 41.6 Å². The standard InChI is InChI=1S/C11H14ClN3/c1-11(7-14-10(13)15(11)2)8-3-5-9(12)6-4-8/h3-6H,7H2,1-2H3,(H2,13,14). The number of guanidine groups is 1. The Kier molecular flexibility index (Phi) is 2.35. The van der Waals surface area contributed by atoms with E-state index in [4.69, 9.17) is 17.3 Å². The summed E-state index contributed by atoms with van der Waals surface area (Å²) in [6.45, 7) is 2.82. The average Bonchev–Trinajstić information content (AvgIpc) is 2.48. The molecule has 3 nitrogen and oxygen atoms in total. The molecule has 0 aromatic heterocycles. The molecule has 0 aliphatic carbocycles. The fourth-order valence-electron chi connectivity index (χ4n) is 1.79. The van der Waals surface area contributed by atoms with Crippen LogP contribution in [-0.4, -0.2) is 24.5 Å². The minimum atomic E-state index is -0.144. The highest BCUT2D eigenvalue weighted by atomic mass is 35.5. The van der Waals surface area contributed by atoms with Gasteiger partial charge in [-0.25, -0.2) is 0 Å². The van der Waals surface area contributed by atoms with Gasteiger partial charge in [0.05, 0.1) is 12.1 Å². The van der Waals surface area contributed by atoms with E-state index in [0.29, 0.717) is 12.5 Å². The molecule has 1 aliphatic heterocycles. The third-order valence-corrected chi connectivity index (χ3v) is 3.35. The van der Waals surface area contributed by atoms with Crippen LogP contribution in [0.2, 0.25) is 5.02 Å². The Balaban J connectivity index is 2.35.